The summed E-state index contributed by atoms with van der Waals surface area (Å²) in [6.45, 7) is 0. The number of hydrogen-bond acceptors (Lipinski definition) is 1. The van der Waals surface area contributed by atoms with E-state index in [2.05, 4.69) is 0 Å². The van der Waals surface area contributed by atoms with Gasteiger partial charge in [-0.05, 0) is 46.5 Å². The van der Waals surface area contributed by atoms with E-state index in [9.17, 15) is 4.79 Å². The first-order valence-corrected chi connectivity index (χ1v) is 6.63. The van der Waals surface area contributed by atoms with Gasteiger partial charge in [-0.1, -0.05) is 35.3 Å². The van der Waals surface area contributed by atoms with Crippen LogP contribution in [0.1, 0.15) is 23.5 Å². The molecule has 0 heterocycles. The topological polar surface area (TPSA) is 37.3 Å². The molecule has 2 aromatic rings. The third kappa shape index (κ3) is 2.11. The molecule has 0 amide bonds. The van der Waals surface area contributed by atoms with Gasteiger partial charge in [-0.15, -0.1) is 0 Å². The number of carbonyl (C=O) groups is 1. The lowest BCUT2D eigenvalue weighted by Gasteiger charge is -2.11. The molecular weight excluding hydrogens is 283 g/mol. The van der Waals surface area contributed by atoms with E-state index in [1.807, 2.05) is 36.4 Å². The van der Waals surface area contributed by atoms with Crippen LogP contribution in [0.2, 0.25) is 10.0 Å². The van der Waals surface area contributed by atoms with E-state index >= 15 is 0 Å². The van der Waals surface area contributed by atoms with Crippen molar-refractivity contribution in [3.05, 3.63) is 57.6 Å². The molecule has 0 aromatic heterocycles. The van der Waals surface area contributed by atoms with Gasteiger partial charge in [-0.2, -0.15) is 0 Å². The minimum atomic E-state index is -0.830. The maximum Gasteiger partial charge on any atom is 0.304 e. The number of rotatable bonds is 2. The van der Waals surface area contributed by atoms with Gasteiger partial charge in [0.25, 0.3) is 0 Å². The Morgan fingerprint density at radius 1 is 1.00 bits per heavy atom. The molecule has 2 nitrogen and oxygen atoms in total. The van der Waals surface area contributed by atoms with Gasteiger partial charge in [0, 0.05) is 16.0 Å². The summed E-state index contributed by atoms with van der Waals surface area (Å²) in [5.74, 6) is -1.01. The average Bonchev–Trinajstić information content (AvgIpc) is 2.62. The minimum absolute atomic E-state index is 0.0423. The predicted molar refractivity (Wildman–Crippen MR) is 76.0 cm³/mol. The van der Waals surface area contributed by atoms with Crippen molar-refractivity contribution in [1.29, 1.82) is 0 Å². The van der Waals surface area contributed by atoms with Gasteiger partial charge < -0.3 is 5.11 Å². The molecule has 0 fully saturated rings. The Hall–Kier alpha value is -1.51. The monoisotopic (exact) mass is 292 g/mol. The number of aliphatic carboxylic acids is 1. The highest BCUT2D eigenvalue weighted by Gasteiger charge is 2.30. The van der Waals surface area contributed by atoms with Crippen LogP contribution in [0.3, 0.4) is 0 Å². The molecule has 19 heavy (non-hydrogen) atoms. The summed E-state index contributed by atoms with van der Waals surface area (Å²) in [7, 11) is 0. The van der Waals surface area contributed by atoms with Crippen molar-refractivity contribution in [3.8, 4) is 11.1 Å². The summed E-state index contributed by atoms with van der Waals surface area (Å²) in [5.41, 5.74) is 4.02. The Balaban J connectivity index is 2.22. The molecule has 0 bridgehead atoms. The van der Waals surface area contributed by atoms with Crippen molar-refractivity contribution in [2.75, 3.05) is 0 Å². The zero-order valence-electron chi connectivity index (χ0n) is 9.86. The van der Waals surface area contributed by atoms with Crippen LogP contribution in [0.4, 0.5) is 0 Å². The first-order chi connectivity index (χ1) is 9.06. The molecule has 0 aliphatic heterocycles. The largest absolute Gasteiger partial charge is 0.481 e. The average molecular weight is 293 g/mol. The number of hydrogen-bond donors (Lipinski definition) is 1. The summed E-state index contributed by atoms with van der Waals surface area (Å²) in [4.78, 5) is 11.1. The Morgan fingerprint density at radius 2 is 1.47 bits per heavy atom. The van der Waals surface area contributed by atoms with Crippen LogP contribution in [-0.2, 0) is 4.79 Å². The smallest absolute Gasteiger partial charge is 0.304 e. The summed E-state index contributed by atoms with van der Waals surface area (Å²) in [6.07, 6.45) is 0.0423. The van der Waals surface area contributed by atoms with E-state index in [0.717, 1.165) is 22.3 Å². The minimum Gasteiger partial charge on any atom is -0.481 e. The van der Waals surface area contributed by atoms with E-state index in [1.54, 1.807) is 0 Å². The second-order valence-electron chi connectivity index (χ2n) is 4.61. The maximum absolute atomic E-state index is 11.1. The zero-order chi connectivity index (χ0) is 13.6. The van der Waals surface area contributed by atoms with Crippen molar-refractivity contribution in [2.24, 2.45) is 0 Å². The third-order valence-electron chi connectivity index (χ3n) is 3.45. The number of carboxylic acids is 1. The fourth-order valence-corrected chi connectivity index (χ4v) is 3.06. The van der Waals surface area contributed by atoms with Crippen molar-refractivity contribution < 1.29 is 9.90 Å². The molecule has 3 rings (SSSR count). The highest BCUT2D eigenvalue weighted by molar-refractivity contribution is 6.31. The Bertz CT molecular complexity index is 628. The number of benzene rings is 2. The number of fused-ring (bicyclic) bond motifs is 3. The fraction of sp³-hybridized carbons (Fsp3) is 0.133. The zero-order valence-corrected chi connectivity index (χ0v) is 11.4. The highest BCUT2D eigenvalue weighted by atomic mass is 35.5. The molecule has 1 aliphatic carbocycles. The Kier molecular flexibility index (Phi) is 3.00. The van der Waals surface area contributed by atoms with Crippen molar-refractivity contribution in [1.82, 2.24) is 0 Å². The molecule has 2 aromatic carbocycles. The van der Waals surface area contributed by atoms with Crippen LogP contribution in [0.5, 0.6) is 0 Å². The highest BCUT2D eigenvalue weighted by Crippen LogP contribution is 2.47. The van der Waals surface area contributed by atoms with Crippen molar-refractivity contribution >= 4 is 29.2 Å². The molecule has 0 spiro atoms. The Labute approximate surface area is 120 Å². The molecule has 0 saturated carbocycles. The van der Waals surface area contributed by atoms with E-state index in [1.165, 1.54) is 0 Å². The van der Waals surface area contributed by atoms with Crippen LogP contribution in [-0.4, -0.2) is 11.1 Å². The summed E-state index contributed by atoms with van der Waals surface area (Å²) in [5, 5.41) is 10.3. The number of halogens is 2. The molecule has 0 radical (unpaired) electrons. The molecule has 0 saturated heterocycles. The van der Waals surface area contributed by atoms with Crippen LogP contribution in [0.25, 0.3) is 11.1 Å². The fourth-order valence-electron chi connectivity index (χ4n) is 2.70. The summed E-state index contributed by atoms with van der Waals surface area (Å²) >= 11 is 12.1. The first kappa shape index (κ1) is 12.5. The molecule has 1 aliphatic rings. The van der Waals surface area contributed by atoms with Crippen LogP contribution in [0.15, 0.2) is 36.4 Å². The Morgan fingerprint density at radius 3 is 1.89 bits per heavy atom. The molecule has 0 unspecified atom stereocenters. The summed E-state index contributed by atoms with van der Waals surface area (Å²) in [6, 6.07) is 11.2. The van der Waals surface area contributed by atoms with Gasteiger partial charge in [0.2, 0.25) is 0 Å². The lowest BCUT2D eigenvalue weighted by Crippen LogP contribution is -2.05. The summed E-state index contributed by atoms with van der Waals surface area (Å²) < 4.78 is 0. The van der Waals surface area contributed by atoms with Crippen molar-refractivity contribution in [3.63, 3.8) is 0 Å². The van der Waals surface area contributed by atoms with Crippen LogP contribution >= 0.6 is 23.2 Å². The normalized spacial score (nSPS) is 13.2. The first-order valence-electron chi connectivity index (χ1n) is 5.87. The number of carboxylic acid groups (broad SMARTS) is 1. The lowest BCUT2D eigenvalue weighted by molar-refractivity contribution is -0.137. The van der Waals surface area contributed by atoms with Gasteiger partial charge >= 0.3 is 5.97 Å². The van der Waals surface area contributed by atoms with E-state index < -0.39 is 5.97 Å². The molecular formula is C15H10Cl2O2. The standard InChI is InChI=1S/C15H10Cl2O2/c16-8-1-3-10-11-4-2-9(17)6-13(11)14(7-15(18)19)12(10)5-8/h1-6,14H,7H2,(H,18,19). The second-order valence-corrected chi connectivity index (χ2v) is 5.49. The molecule has 1 N–H and O–H groups in total. The SMILES string of the molecule is O=C(O)CC1c2cc(Cl)ccc2-c2ccc(Cl)cc21. The third-order valence-corrected chi connectivity index (χ3v) is 3.92. The van der Waals surface area contributed by atoms with Gasteiger partial charge in [-0.3, -0.25) is 4.79 Å². The van der Waals surface area contributed by atoms with Gasteiger partial charge in [0.15, 0.2) is 0 Å². The lowest BCUT2D eigenvalue weighted by atomic mass is 9.94. The van der Waals surface area contributed by atoms with Gasteiger partial charge in [0.1, 0.15) is 0 Å². The van der Waals surface area contributed by atoms with Crippen LogP contribution < -0.4 is 0 Å². The quantitative estimate of drug-likeness (QED) is 0.880. The molecule has 4 heteroatoms. The molecule has 0 atom stereocenters. The molecule has 96 valence electrons. The van der Waals surface area contributed by atoms with Gasteiger partial charge in [-0.25, -0.2) is 0 Å². The van der Waals surface area contributed by atoms with Gasteiger partial charge in [0.05, 0.1) is 6.42 Å². The van der Waals surface area contributed by atoms with Crippen LogP contribution in [0, 0.1) is 0 Å². The van der Waals surface area contributed by atoms with E-state index in [0.29, 0.717) is 10.0 Å². The van der Waals surface area contributed by atoms with E-state index in [-0.39, 0.29) is 12.3 Å². The van der Waals surface area contributed by atoms with E-state index in [4.69, 9.17) is 28.3 Å². The van der Waals surface area contributed by atoms with Crippen molar-refractivity contribution in [2.45, 2.75) is 12.3 Å². The maximum atomic E-state index is 11.1. The predicted octanol–water partition coefficient (Wildman–Crippen LogP) is 4.58. The second kappa shape index (κ2) is 4.55.